The predicted molar refractivity (Wildman–Crippen MR) is 106 cm³/mol. The highest BCUT2D eigenvalue weighted by Gasteiger charge is 2.08. The maximum atomic E-state index is 6.03. The van der Waals surface area contributed by atoms with Gasteiger partial charge in [-0.2, -0.15) is 0 Å². The molecule has 2 heterocycles. The molecule has 2 aromatic heterocycles. The van der Waals surface area contributed by atoms with Crippen LogP contribution in [0.25, 0.3) is 22.6 Å². The molecule has 0 radical (unpaired) electrons. The molecule has 0 bridgehead atoms. The Morgan fingerprint density at radius 2 is 1.92 bits per heavy atom. The molecule has 1 N–H and O–H groups in total. The highest BCUT2D eigenvalue weighted by atomic mass is 16.5. The van der Waals surface area contributed by atoms with Crippen LogP contribution in [0.5, 0.6) is 5.75 Å². The van der Waals surface area contributed by atoms with Crippen LogP contribution in [0.15, 0.2) is 48.9 Å². The van der Waals surface area contributed by atoms with Crippen LogP contribution in [0, 0.1) is 5.92 Å². The standard InChI is InChI=1S/C22H27N3O/c1-4-16(3)10-13-26-21-9-7-18(14-17(21)5-2)19-6-8-20(25-15-19)22-23-11-12-24-22/h6-9,11-12,14-16H,4-5,10,13H2,1-3H3,(H,23,24). The maximum absolute atomic E-state index is 6.03. The Labute approximate surface area is 155 Å². The zero-order valence-electron chi connectivity index (χ0n) is 15.8. The quantitative estimate of drug-likeness (QED) is 0.583. The highest BCUT2D eigenvalue weighted by molar-refractivity contribution is 5.66. The molecule has 26 heavy (non-hydrogen) atoms. The van der Waals surface area contributed by atoms with Crippen molar-refractivity contribution in [1.82, 2.24) is 15.0 Å². The van der Waals surface area contributed by atoms with Crippen LogP contribution in [0.4, 0.5) is 0 Å². The number of aryl methyl sites for hydroxylation is 1. The molecule has 3 aromatic rings. The second kappa shape index (κ2) is 8.65. The van der Waals surface area contributed by atoms with Gasteiger partial charge in [0.05, 0.1) is 6.61 Å². The third-order valence-electron chi connectivity index (χ3n) is 4.84. The summed E-state index contributed by atoms with van der Waals surface area (Å²) in [6.07, 6.45) is 8.68. The van der Waals surface area contributed by atoms with Crippen LogP contribution in [0.3, 0.4) is 0 Å². The number of nitrogens with one attached hydrogen (secondary N) is 1. The summed E-state index contributed by atoms with van der Waals surface area (Å²) in [5.74, 6) is 2.49. The minimum absolute atomic E-state index is 0.707. The smallest absolute Gasteiger partial charge is 0.155 e. The van der Waals surface area contributed by atoms with Crippen LogP contribution in [-0.4, -0.2) is 21.6 Å². The summed E-state index contributed by atoms with van der Waals surface area (Å²) in [5.41, 5.74) is 4.34. The predicted octanol–water partition coefficient (Wildman–Crippen LogP) is 5.52. The Kier molecular flexibility index (Phi) is 6.05. The molecular formula is C22H27N3O. The number of hydrogen-bond acceptors (Lipinski definition) is 3. The Morgan fingerprint density at radius 3 is 2.58 bits per heavy atom. The monoisotopic (exact) mass is 349 g/mol. The number of aromatic nitrogens is 3. The number of H-pyrrole nitrogens is 1. The summed E-state index contributed by atoms with van der Waals surface area (Å²) in [6.45, 7) is 7.44. The van der Waals surface area contributed by atoms with Gasteiger partial charge in [0.1, 0.15) is 11.4 Å². The molecule has 1 unspecified atom stereocenters. The molecule has 0 aliphatic carbocycles. The molecule has 0 spiro atoms. The number of pyridine rings is 1. The van der Waals surface area contributed by atoms with Crippen LogP contribution < -0.4 is 4.74 Å². The first-order chi connectivity index (χ1) is 12.7. The third-order valence-corrected chi connectivity index (χ3v) is 4.84. The second-order valence-corrected chi connectivity index (χ2v) is 6.70. The molecular weight excluding hydrogens is 322 g/mol. The van der Waals surface area contributed by atoms with Gasteiger partial charge in [-0.1, -0.05) is 39.3 Å². The van der Waals surface area contributed by atoms with E-state index >= 15 is 0 Å². The lowest BCUT2D eigenvalue weighted by molar-refractivity contribution is 0.279. The van der Waals surface area contributed by atoms with Crippen molar-refractivity contribution in [3.05, 3.63) is 54.5 Å². The van der Waals surface area contributed by atoms with E-state index in [-0.39, 0.29) is 0 Å². The molecule has 0 saturated carbocycles. The Hall–Kier alpha value is -2.62. The summed E-state index contributed by atoms with van der Waals surface area (Å²) in [4.78, 5) is 11.8. The fraction of sp³-hybridized carbons (Fsp3) is 0.364. The van der Waals surface area contributed by atoms with Crippen molar-refractivity contribution in [3.8, 4) is 28.4 Å². The fourth-order valence-corrected chi connectivity index (χ4v) is 2.86. The van der Waals surface area contributed by atoms with Crippen LogP contribution >= 0.6 is 0 Å². The van der Waals surface area contributed by atoms with Gasteiger partial charge in [0, 0.05) is 24.2 Å². The minimum atomic E-state index is 0.707. The van der Waals surface area contributed by atoms with Crippen molar-refractivity contribution in [2.75, 3.05) is 6.61 Å². The van der Waals surface area contributed by atoms with Crippen molar-refractivity contribution in [2.45, 2.75) is 40.0 Å². The van der Waals surface area contributed by atoms with Gasteiger partial charge in [-0.25, -0.2) is 4.98 Å². The molecule has 4 nitrogen and oxygen atoms in total. The van der Waals surface area contributed by atoms with Gasteiger partial charge < -0.3 is 9.72 Å². The molecule has 0 amide bonds. The SMILES string of the molecule is CCc1cc(-c2ccc(-c3ncc[nH]3)nc2)ccc1OCCC(C)CC. The maximum Gasteiger partial charge on any atom is 0.155 e. The van der Waals surface area contributed by atoms with E-state index in [1.807, 2.05) is 12.3 Å². The third kappa shape index (κ3) is 4.31. The van der Waals surface area contributed by atoms with E-state index in [0.717, 1.165) is 47.8 Å². The lowest BCUT2D eigenvalue weighted by Crippen LogP contribution is -2.04. The van der Waals surface area contributed by atoms with E-state index in [1.54, 1.807) is 12.4 Å². The van der Waals surface area contributed by atoms with E-state index in [2.05, 4.69) is 60.0 Å². The summed E-state index contributed by atoms with van der Waals surface area (Å²) in [7, 11) is 0. The number of imidazole rings is 1. The zero-order valence-corrected chi connectivity index (χ0v) is 15.8. The lowest BCUT2D eigenvalue weighted by Gasteiger charge is -2.14. The fourth-order valence-electron chi connectivity index (χ4n) is 2.86. The van der Waals surface area contributed by atoms with Gasteiger partial charge in [0.25, 0.3) is 0 Å². The number of nitrogens with zero attached hydrogens (tertiary/aromatic N) is 2. The largest absolute Gasteiger partial charge is 0.493 e. The van der Waals surface area contributed by atoms with Crippen LogP contribution in [0.2, 0.25) is 0 Å². The van der Waals surface area contributed by atoms with E-state index in [9.17, 15) is 0 Å². The number of aromatic amines is 1. The Balaban J connectivity index is 1.74. The Bertz CT molecular complexity index is 810. The van der Waals surface area contributed by atoms with E-state index in [4.69, 9.17) is 4.74 Å². The Morgan fingerprint density at radius 1 is 1.08 bits per heavy atom. The highest BCUT2D eigenvalue weighted by Crippen LogP contribution is 2.28. The number of ether oxygens (including phenoxy) is 1. The van der Waals surface area contributed by atoms with Crippen molar-refractivity contribution >= 4 is 0 Å². The molecule has 1 aromatic carbocycles. The van der Waals surface area contributed by atoms with Crippen LogP contribution in [-0.2, 0) is 6.42 Å². The van der Waals surface area contributed by atoms with Gasteiger partial charge in [0.15, 0.2) is 5.82 Å². The molecule has 0 fully saturated rings. The second-order valence-electron chi connectivity index (χ2n) is 6.70. The van der Waals surface area contributed by atoms with Crippen molar-refractivity contribution in [1.29, 1.82) is 0 Å². The van der Waals surface area contributed by atoms with Gasteiger partial charge in [-0.15, -0.1) is 0 Å². The van der Waals surface area contributed by atoms with E-state index in [1.165, 1.54) is 12.0 Å². The van der Waals surface area contributed by atoms with Gasteiger partial charge >= 0.3 is 0 Å². The summed E-state index contributed by atoms with van der Waals surface area (Å²) in [5, 5.41) is 0. The normalized spacial score (nSPS) is 12.1. The lowest BCUT2D eigenvalue weighted by atomic mass is 10.0. The molecule has 0 aliphatic heterocycles. The average Bonchev–Trinajstić information content (AvgIpc) is 3.23. The number of hydrogen-bond donors (Lipinski definition) is 1. The summed E-state index contributed by atoms with van der Waals surface area (Å²) in [6, 6.07) is 10.5. The molecule has 136 valence electrons. The first kappa shape index (κ1) is 18.2. The zero-order chi connectivity index (χ0) is 18.4. The van der Waals surface area contributed by atoms with Crippen molar-refractivity contribution in [3.63, 3.8) is 0 Å². The van der Waals surface area contributed by atoms with E-state index in [0.29, 0.717) is 5.92 Å². The van der Waals surface area contributed by atoms with Gasteiger partial charge in [-0.05, 0) is 48.1 Å². The first-order valence-electron chi connectivity index (χ1n) is 9.43. The molecule has 0 aliphatic rings. The minimum Gasteiger partial charge on any atom is -0.493 e. The van der Waals surface area contributed by atoms with E-state index < -0.39 is 0 Å². The molecule has 4 heteroatoms. The topological polar surface area (TPSA) is 50.8 Å². The van der Waals surface area contributed by atoms with Crippen molar-refractivity contribution < 1.29 is 4.74 Å². The molecule has 3 rings (SSSR count). The van der Waals surface area contributed by atoms with Crippen molar-refractivity contribution in [2.24, 2.45) is 5.92 Å². The molecule has 0 saturated heterocycles. The molecule has 1 atom stereocenters. The van der Waals surface area contributed by atoms with Gasteiger partial charge in [-0.3, -0.25) is 4.98 Å². The number of benzene rings is 1. The summed E-state index contributed by atoms with van der Waals surface area (Å²) >= 11 is 0. The first-order valence-corrected chi connectivity index (χ1v) is 9.43. The summed E-state index contributed by atoms with van der Waals surface area (Å²) < 4.78 is 6.03. The number of rotatable bonds is 8. The van der Waals surface area contributed by atoms with Crippen LogP contribution in [0.1, 0.15) is 39.2 Å². The average molecular weight is 349 g/mol. The van der Waals surface area contributed by atoms with Gasteiger partial charge in [0.2, 0.25) is 0 Å².